The summed E-state index contributed by atoms with van der Waals surface area (Å²) in [6.45, 7) is 7.23. The molecule has 0 spiro atoms. The summed E-state index contributed by atoms with van der Waals surface area (Å²) < 4.78 is 79.9. The van der Waals surface area contributed by atoms with Crippen LogP contribution in [0, 0.1) is 0 Å². The first-order valence-corrected chi connectivity index (χ1v) is 16.6. The maximum Gasteiger partial charge on any atom is 0.416 e. The van der Waals surface area contributed by atoms with Crippen LogP contribution in [0.1, 0.15) is 62.0 Å². The third-order valence-electron chi connectivity index (χ3n) is 7.42. The standard InChI is InChI=1S/C30H38Cl2F3N3O6S/c1-8-45(41,42)26-24(14-19(31)15-25(26)43-7)37(6)27(39)18-12-22(30(33,34)35)21(23(32)13-18)17-38-11-9-10-20(16-38)36(5)28(40)44-29(2,3)4/h12-15,20H,8-11,16-17H2,1-7H3/t20-/m0/s1. The molecular weight excluding hydrogens is 658 g/mol. The van der Waals surface area contributed by atoms with Gasteiger partial charge in [0.15, 0.2) is 9.84 Å². The van der Waals surface area contributed by atoms with Crippen LogP contribution in [0.2, 0.25) is 10.0 Å². The lowest BCUT2D eigenvalue weighted by Gasteiger charge is -2.38. The maximum absolute atomic E-state index is 14.5. The first kappa shape index (κ1) is 36.7. The minimum absolute atomic E-state index is 0.0538. The van der Waals surface area contributed by atoms with Crippen molar-refractivity contribution in [1.82, 2.24) is 9.80 Å². The topological polar surface area (TPSA) is 96.5 Å². The minimum Gasteiger partial charge on any atom is -0.495 e. The number of rotatable bonds is 8. The molecule has 0 saturated carbocycles. The minimum atomic E-state index is -4.87. The Labute approximate surface area is 272 Å². The molecule has 3 rings (SSSR count). The third kappa shape index (κ3) is 8.75. The normalized spacial score (nSPS) is 16.3. The van der Waals surface area contributed by atoms with Gasteiger partial charge in [0.1, 0.15) is 16.2 Å². The number of nitrogens with zero attached hydrogens (tertiary/aromatic N) is 3. The predicted molar refractivity (Wildman–Crippen MR) is 167 cm³/mol. The molecule has 1 heterocycles. The number of likely N-dealkylation sites (N-methyl/N-ethyl adjacent to an activating group) is 1. The van der Waals surface area contributed by atoms with Crippen molar-refractivity contribution in [1.29, 1.82) is 0 Å². The van der Waals surface area contributed by atoms with Crippen molar-refractivity contribution in [3.05, 3.63) is 51.0 Å². The molecule has 15 heteroatoms. The number of amides is 2. The second kappa shape index (κ2) is 13.9. The molecule has 0 N–H and O–H groups in total. The second-order valence-corrected chi connectivity index (χ2v) is 14.9. The molecule has 1 aliphatic rings. The highest BCUT2D eigenvalue weighted by Crippen LogP contribution is 2.40. The van der Waals surface area contributed by atoms with Gasteiger partial charge in [-0.3, -0.25) is 9.69 Å². The number of sulfone groups is 1. The Hall–Kier alpha value is -2.74. The molecule has 9 nitrogen and oxygen atoms in total. The fourth-order valence-electron chi connectivity index (χ4n) is 5.09. The van der Waals surface area contributed by atoms with Gasteiger partial charge in [0, 0.05) is 54.9 Å². The summed E-state index contributed by atoms with van der Waals surface area (Å²) in [7, 11) is 0.103. The van der Waals surface area contributed by atoms with Gasteiger partial charge in [0.05, 0.1) is 24.1 Å². The summed E-state index contributed by atoms with van der Waals surface area (Å²) in [5.74, 6) is -1.38. The van der Waals surface area contributed by atoms with E-state index in [1.165, 1.54) is 38.1 Å². The summed E-state index contributed by atoms with van der Waals surface area (Å²) in [5, 5.41) is -0.229. The van der Waals surface area contributed by atoms with E-state index in [4.69, 9.17) is 32.7 Å². The van der Waals surface area contributed by atoms with Crippen LogP contribution in [-0.2, 0) is 27.3 Å². The number of halogens is 5. The molecule has 0 aliphatic carbocycles. The lowest BCUT2D eigenvalue weighted by atomic mass is 9.99. The molecule has 2 amide bonds. The zero-order valence-electron chi connectivity index (χ0n) is 26.2. The fraction of sp³-hybridized carbons (Fsp3) is 0.533. The van der Waals surface area contributed by atoms with Crippen molar-refractivity contribution >= 4 is 50.7 Å². The fourth-order valence-corrected chi connectivity index (χ4v) is 6.82. The van der Waals surface area contributed by atoms with Crippen molar-refractivity contribution in [2.24, 2.45) is 0 Å². The summed E-state index contributed by atoms with van der Waals surface area (Å²) in [6.07, 6.45) is -4.12. The highest BCUT2D eigenvalue weighted by atomic mass is 35.5. The average molecular weight is 697 g/mol. The highest BCUT2D eigenvalue weighted by molar-refractivity contribution is 7.91. The van der Waals surface area contributed by atoms with E-state index in [2.05, 4.69) is 0 Å². The van der Waals surface area contributed by atoms with Gasteiger partial charge < -0.3 is 19.3 Å². The SMILES string of the molecule is CCS(=O)(=O)c1c(OC)cc(Cl)cc1N(C)C(=O)c1cc(Cl)c(CN2CCC[C@H](N(C)C(=O)OC(C)(C)C)C2)c(C(F)(F)F)c1. The van der Waals surface area contributed by atoms with Gasteiger partial charge in [-0.05, 0) is 63.9 Å². The van der Waals surface area contributed by atoms with E-state index >= 15 is 0 Å². The van der Waals surface area contributed by atoms with E-state index in [1.807, 2.05) is 0 Å². The quantitative estimate of drug-likeness (QED) is 0.296. The van der Waals surface area contributed by atoms with Crippen LogP contribution in [0.25, 0.3) is 0 Å². The lowest BCUT2D eigenvalue weighted by Crippen LogP contribution is -2.49. The molecule has 45 heavy (non-hydrogen) atoms. The van der Waals surface area contributed by atoms with E-state index < -0.39 is 44.7 Å². The zero-order chi connectivity index (χ0) is 34.1. The van der Waals surface area contributed by atoms with E-state index in [-0.39, 0.29) is 56.8 Å². The lowest BCUT2D eigenvalue weighted by molar-refractivity contribution is -0.138. The van der Waals surface area contributed by atoms with Crippen LogP contribution in [0.4, 0.5) is 23.7 Å². The Morgan fingerprint density at radius 3 is 2.29 bits per heavy atom. The maximum atomic E-state index is 14.5. The van der Waals surface area contributed by atoms with Gasteiger partial charge in [-0.2, -0.15) is 13.2 Å². The summed E-state index contributed by atoms with van der Waals surface area (Å²) >= 11 is 12.6. The number of piperidine rings is 1. The van der Waals surface area contributed by atoms with Crippen LogP contribution in [-0.4, -0.2) is 81.9 Å². The zero-order valence-corrected chi connectivity index (χ0v) is 28.5. The van der Waals surface area contributed by atoms with Crippen LogP contribution >= 0.6 is 23.2 Å². The molecule has 2 aromatic rings. The van der Waals surface area contributed by atoms with E-state index in [0.29, 0.717) is 25.5 Å². The molecule has 1 saturated heterocycles. The van der Waals surface area contributed by atoms with Gasteiger partial charge in [-0.25, -0.2) is 13.2 Å². The molecule has 1 atom stereocenters. The monoisotopic (exact) mass is 695 g/mol. The third-order valence-corrected chi connectivity index (χ3v) is 9.76. The Morgan fingerprint density at radius 2 is 1.73 bits per heavy atom. The molecular formula is C30H38Cl2F3N3O6S. The number of methoxy groups -OCH3 is 1. The number of benzene rings is 2. The number of ether oxygens (including phenoxy) is 2. The Balaban J connectivity index is 1.98. The van der Waals surface area contributed by atoms with E-state index in [9.17, 15) is 31.2 Å². The number of alkyl halides is 3. The summed E-state index contributed by atoms with van der Waals surface area (Å²) in [4.78, 5) is 30.0. The number of hydrogen-bond acceptors (Lipinski definition) is 7. The molecule has 0 radical (unpaired) electrons. The first-order chi connectivity index (χ1) is 20.7. The molecule has 1 aliphatic heterocycles. The Kier molecular flexibility index (Phi) is 11.4. The molecule has 2 aromatic carbocycles. The highest BCUT2D eigenvalue weighted by Gasteiger charge is 2.38. The molecule has 0 aromatic heterocycles. The van der Waals surface area contributed by atoms with Gasteiger partial charge >= 0.3 is 12.3 Å². The van der Waals surface area contributed by atoms with Crippen molar-refractivity contribution < 1.29 is 40.7 Å². The van der Waals surface area contributed by atoms with Gasteiger partial charge in [0.2, 0.25) is 0 Å². The number of anilines is 1. The second-order valence-electron chi connectivity index (χ2n) is 11.8. The Bertz CT molecular complexity index is 1550. The number of carbonyl (C=O) groups is 2. The van der Waals surface area contributed by atoms with Crippen molar-refractivity contribution in [2.75, 3.05) is 44.9 Å². The summed E-state index contributed by atoms with van der Waals surface area (Å²) in [5.41, 5.74) is -2.58. The van der Waals surface area contributed by atoms with Gasteiger partial charge in [-0.1, -0.05) is 30.1 Å². The van der Waals surface area contributed by atoms with Crippen LogP contribution in [0.5, 0.6) is 5.75 Å². The van der Waals surface area contributed by atoms with Crippen LogP contribution in [0.15, 0.2) is 29.2 Å². The largest absolute Gasteiger partial charge is 0.495 e. The van der Waals surface area contributed by atoms with Crippen LogP contribution < -0.4 is 9.64 Å². The number of likely N-dealkylation sites (tertiary alicyclic amines) is 1. The number of hydrogen-bond donors (Lipinski definition) is 0. The average Bonchev–Trinajstić information content (AvgIpc) is 2.94. The first-order valence-electron chi connectivity index (χ1n) is 14.2. The molecule has 250 valence electrons. The smallest absolute Gasteiger partial charge is 0.416 e. The van der Waals surface area contributed by atoms with E-state index in [1.54, 1.807) is 32.7 Å². The predicted octanol–water partition coefficient (Wildman–Crippen LogP) is 6.92. The molecule has 1 fully saturated rings. The molecule has 0 unspecified atom stereocenters. The van der Waals surface area contributed by atoms with Crippen molar-refractivity contribution in [3.8, 4) is 5.75 Å². The van der Waals surface area contributed by atoms with Gasteiger partial charge in [0.25, 0.3) is 5.91 Å². The van der Waals surface area contributed by atoms with Crippen molar-refractivity contribution in [2.45, 2.75) is 69.8 Å². The molecule has 0 bridgehead atoms. The number of carbonyl (C=O) groups excluding carboxylic acids is 2. The van der Waals surface area contributed by atoms with Crippen LogP contribution in [0.3, 0.4) is 0 Å². The van der Waals surface area contributed by atoms with Crippen molar-refractivity contribution in [3.63, 3.8) is 0 Å². The summed E-state index contributed by atoms with van der Waals surface area (Å²) in [6, 6.07) is 4.06. The van der Waals surface area contributed by atoms with E-state index in [0.717, 1.165) is 11.0 Å². The Morgan fingerprint density at radius 1 is 1.09 bits per heavy atom. The van der Waals surface area contributed by atoms with Gasteiger partial charge in [-0.15, -0.1) is 0 Å².